The maximum Gasteiger partial charge on any atom is 0.246 e. The largest absolute Gasteiger partial charge is 0.345 e. The highest BCUT2D eigenvalue weighted by molar-refractivity contribution is 5.96. The van der Waals surface area contributed by atoms with E-state index in [-0.39, 0.29) is 11.8 Å². The molecule has 0 fully saturated rings. The number of carbonyl (C=O) groups is 2. The summed E-state index contributed by atoms with van der Waals surface area (Å²) in [5.74, 6) is -0.432. The number of hydrogen-bond donors (Lipinski definition) is 2. The second-order valence-electron chi connectivity index (χ2n) is 3.96. The highest BCUT2D eigenvalue weighted by atomic mass is 16.2. The molecule has 0 radical (unpaired) electrons. The summed E-state index contributed by atoms with van der Waals surface area (Å²) in [7, 11) is 0. The van der Waals surface area contributed by atoms with E-state index in [1.54, 1.807) is 6.92 Å². The van der Waals surface area contributed by atoms with Gasteiger partial charge in [-0.3, -0.25) is 9.59 Å². The lowest BCUT2D eigenvalue weighted by molar-refractivity contribution is -0.124. The minimum absolute atomic E-state index is 0.214. The molecule has 0 saturated heterocycles. The molecule has 0 aromatic heterocycles. The molecule has 0 heterocycles. The fourth-order valence-corrected chi connectivity index (χ4v) is 1.44. The van der Waals surface area contributed by atoms with Gasteiger partial charge < -0.3 is 10.6 Å². The average Bonchev–Trinajstić information content (AvgIpc) is 2.29. The standard InChI is InChI=1S/C13H18N2O2/c1-4-11-5-7-12(8-6-11)15-13(17)9(2)14-10(3)16/h5-9H,4H2,1-3H3,(H,14,16)(H,15,17). The highest BCUT2D eigenvalue weighted by Crippen LogP contribution is 2.10. The van der Waals surface area contributed by atoms with Crippen molar-refractivity contribution in [3.63, 3.8) is 0 Å². The summed E-state index contributed by atoms with van der Waals surface area (Å²) < 4.78 is 0. The molecule has 1 atom stereocenters. The molecule has 92 valence electrons. The quantitative estimate of drug-likeness (QED) is 0.833. The molecular weight excluding hydrogens is 216 g/mol. The Kier molecular flexibility index (Phi) is 4.69. The van der Waals surface area contributed by atoms with Crippen molar-refractivity contribution in [2.45, 2.75) is 33.2 Å². The van der Waals surface area contributed by atoms with E-state index in [4.69, 9.17) is 0 Å². The molecule has 0 bridgehead atoms. The van der Waals surface area contributed by atoms with Crippen molar-refractivity contribution in [3.8, 4) is 0 Å². The van der Waals surface area contributed by atoms with Gasteiger partial charge in [0.25, 0.3) is 0 Å². The predicted molar refractivity (Wildman–Crippen MR) is 67.7 cm³/mol. The summed E-state index contributed by atoms with van der Waals surface area (Å²) in [5, 5.41) is 5.28. The molecule has 1 rings (SSSR count). The van der Waals surface area contributed by atoms with E-state index in [2.05, 4.69) is 17.6 Å². The zero-order valence-corrected chi connectivity index (χ0v) is 10.4. The van der Waals surface area contributed by atoms with Gasteiger partial charge >= 0.3 is 0 Å². The molecule has 1 aromatic rings. The first-order valence-electron chi connectivity index (χ1n) is 5.69. The third-order valence-electron chi connectivity index (χ3n) is 2.44. The second kappa shape index (κ2) is 6.03. The monoisotopic (exact) mass is 234 g/mol. The smallest absolute Gasteiger partial charge is 0.246 e. The van der Waals surface area contributed by atoms with Crippen LogP contribution in [0.5, 0.6) is 0 Å². The van der Waals surface area contributed by atoms with Crippen LogP contribution in [0.2, 0.25) is 0 Å². The SMILES string of the molecule is CCc1ccc(NC(=O)C(C)NC(C)=O)cc1. The van der Waals surface area contributed by atoms with E-state index in [0.29, 0.717) is 0 Å². The maximum absolute atomic E-state index is 11.7. The molecule has 0 saturated carbocycles. The summed E-state index contributed by atoms with van der Waals surface area (Å²) in [6.07, 6.45) is 0.969. The number of nitrogens with one attached hydrogen (secondary N) is 2. The number of amides is 2. The van der Waals surface area contributed by atoms with Crippen LogP contribution in [0.4, 0.5) is 5.69 Å². The Morgan fingerprint density at radius 1 is 1.24 bits per heavy atom. The van der Waals surface area contributed by atoms with Crippen LogP contribution in [0.1, 0.15) is 26.3 Å². The van der Waals surface area contributed by atoms with E-state index in [1.165, 1.54) is 12.5 Å². The van der Waals surface area contributed by atoms with Gasteiger partial charge in [0, 0.05) is 12.6 Å². The van der Waals surface area contributed by atoms with E-state index in [0.717, 1.165) is 12.1 Å². The topological polar surface area (TPSA) is 58.2 Å². The van der Waals surface area contributed by atoms with E-state index < -0.39 is 6.04 Å². The molecule has 0 spiro atoms. The van der Waals surface area contributed by atoms with Gasteiger partial charge in [0.1, 0.15) is 6.04 Å². The van der Waals surface area contributed by atoms with E-state index in [1.807, 2.05) is 24.3 Å². The van der Waals surface area contributed by atoms with E-state index >= 15 is 0 Å². The molecule has 0 aliphatic carbocycles. The van der Waals surface area contributed by atoms with Gasteiger partial charge in [-0.15, -0.1) is 0 Å². The molecule has 4 nitrogen and oxygen atoms in total. The number of rotatable bonds is 4. The van der Waals surface area contributed by atoms with Gasteiger partial charge in [-0.25, -0.2) is 0 Å². The summed E-state index contributed by atoms with van der Waals surface area (Å²) in [6, 6.07) is 7.13. The van der Waals surface area contributed by atoms with Gasteiger partial charge in [-0.05, 0) is 31.0 Å². The van der Waals surface area contributed by atoms with Crippen molar-refractivity contribution in [1.29, 1.82) is 0 Å². The van der Waals surface area contributed by atoms with Crippen LogP contribution >= 0.6 is 0 Å². The molecule has 2 amide bonds. The van der Waals surface area contributed by atoms with Crippen molar-refractivity contribution in [2.75, 3.05) is 5.32 Å². The lowest BCUT2D eigenvalue weighted by atomic mass is 10.1. The minimum Gasteiger partial charge on any atom is -0.345 e. The van der Waals surface area contributed by atoms with Gasteiger partial charge in [-0.1, -0.05) is 19.1 Å². The highest BCUT2D eigenvalue weighted by Gasteiger charge is 2.13. The van der Waals surface area contributed by atoms with Crippen LogP contribution in [0.15, 0.2) is 24.3 Å². The Balaban J connectivity index is 2.58. The third kappa shape index (κ3) is 4.26. The van der Waals surface area contributed by atoms with Gasteiger partial charge in [0.15, 0.2) is 0 Å². The summed E-state index contributed by atoms with van der Waals surface area (Å²) >= 11 is 0. The first-order chi connectivity index (χ1) is 8.02. The molecule has 17 heavy (non-hydrogen) atoms. The first-order valence-corrected chi connectivity index (χ1v) is 5.69. The number of anilines is 1. The van der Waals surface area contributed by atoms with Crippen LogP contribution in [-0.2, 0) is 16.0 Å². The molecule has 2 N–H and O–H groups in total. The van der Waals surface area contributed by atoms with Gasteiger partial charge in [-0.2, -0.15) is 0 Å². The number of benzene rings is 1. The van der Waals surface area contributed by atoms with Crippen molar-refractivity contribution in [3.05, 3.63) is 29.8 Å². The zero-order chi connectivity index (χ0) is 12.8. The lowest BCUT2D eigenvalue weighted by Gasteiger charge is -2.12. The number of carbonyl (C=O) groups excluding carboxylic acids is 2. The van der Waals surface area contributed by atoms with Crippen molar-refractivity contribution in [1.82, 2.24) is 5.32 Å². The minimum atomic E-state index is -0.529. The van der Waals surface area contributed by atoms with Gasteiger partial charge in [0.05, 0.1) is 0 Å². The maximum atomic E-state index is 11.7. The summed E-state index contributed by atoms with van der Waals surface area (Å²) in [6.45, 7) is 5.11. The molecule has 1 aromatic carbocycles. The molecule has 4 heteroatoms. The lowest BCUT2D eigenvalue weighted by Crippen LogP contribution is -2.40. The Morgan fingerprint density at radius 3 is 2.29 bits per heavy atom. The number of hydrogen-bond acceptors (Lipinski definition) is 2. The molecule has 0 aliphatic rings. The number of aryl methyl sites for hydroxylation is 1. The Labute approximate surface area is 101 Å². The normalized spacial score (nSPS) is 11.7. The zero-order valence-electron chi connectivity index (χ0n) is 10.4. The summed E-state index contributed by atoms with van der Waals surface area (Å²) in [4.78, 5) is 22.5. The van der Waals surface area contributed by atoms with Crippen molar-refractivity contribution < 1.29 is 9.59 Å². The predicted octanol–water partition coefficient (Wildman–Crippen LogP) is 1.71. The first kappa shape index (κ1) is 13.2. The van der Waals surface area contributed by atoms with Crippen LogP contribution in [0, 0.1) is 0 Å². The van der Waals surface area contributed by atoms with Crippen LogP contribution in [-0.4, -0.2) is 17.9 Å². The van der Waals surface area contributed by atoms with Crippen LogP contribution in [0.3, 0.4) is 0 Å². The molecule has 1 unspecified atom stereocenters. The third-order valence-corrected chi connectivity index (χ3v) is 2.44. The van der Waals surface area contributed by atoms with Crippen LogP contribution < -0.4 is 10.6 Å². The Hall–Kier alpha value is -1.84. The molecule has 0 aliphatic heterocycles. The van der Waals surface area contributed by atoms with Crippen molar-refractivity contribution in [2.24, 2.45) is 0 Å². The van der Waals surface area contributed by atoms with Crippen molar-refractivity contribution >= 4 is 17.5 Å². The van der Waals surface area contributed by atoms with Gasteiger partial charge in [0.2, 0.25) is 11.8 Å². The summed E-state index contributed by atoms with van der Waals surface area (Å²) in [5.41, 5.74) is 1.96. The Morgan fingerprint density at radius 2 is 1.82 bits per heavy atom. The average molecular weight is 234 g/mol. The fraction of sp³-hybridized carbons (Fsp3) is 0.385. The Bertz CT molecular complexity index is 398. The second-order valence-corrected chi connectivity index (χ2v) is 3.96. The van der Waals surface area contributed by atoms with Crippen LogP contribution in [0.25, 0.3) is 0 Å². The molecular formula is C13H18N2O2. The van der Waals surface area contributed by atoms with E-state index in [9.17, 15) is 9.59 Å². The fourth-order valence-electron chi connectivity index (χ4n) is 1.44.